The molecular formula is C104H103N20+5. The Bertz CT molecular complexity index is 7400. The quantitative estimate of drug-likeness (QED) is 0.113. The largest absolute Gasteiger partial charge is 0.295 e. The number of rotatable bonds is 11. The third-order valence-corrected chi connectivity index (χ3v) is 23.3. The Hall–Kier alpha value is -15.1. The van der Waals surface area contributed by atoms with Crippen molar-refractivity contribution < 1.29 is 24.2 Å². The summed E-state index contributed by atoms with van der Waals surface area (Å²) in [7, 11) is 10.5. The molecule has 20 aromatic rings. The van der Waals surface area contributed by atoms with Crippen molar-refractivity contribution in [2.24, 2.45) is 35.2 Å². The predicted octanol–water partition coefficient (Wildman–Crippen LogP) is 19.1. The van der Waals surface area contributed by atoms with Crippen LogP contribution < -0.4 is 22.8 Å². The van der Waals surface area contributed by atoms with E-state index in [1.54, 1.807) is 19.0 Å². The molecule has 614 valence electrons. The van der Waals surface area contributed by atoms with E-state index in [1.807, 2.05) is 78.5 Å². The topological polar surface area (TPSA) is 173 Å². The standard InChI is InChI=1S/2C22H23N4.C21H21N4.C20H19N4.C19H17N4/c1-14-10-6-7-11-18(14)22-25(5)19-12-8-9-13-20(19)26(22)21-15(2)23-17(4)24-16(21)3;1-15(2)21-20(13-23-14-24-21)26-19-12-8-7-11-18(19)25(4)22(26)17-10-6-5-9-16(17)3;1-14-9-5-6-10-17(14)21-24(4)18-11-7-8-12-19(18)25(21)20-15(2)22-13-23-16(20)3;1-14-8-4-5-9-16(14)20-23(3)17-10-6-7-11-18(17)24(20)19-12-21-13-22-15(19)2;1-14-7-3-4-8-16(14)19-22(2)17-9-5-6-10-18(17)23(19)15-11-20-13-21-12-15/h6-13H,1-5H3;5-15H,1-4H3;5-13H,1-4H3;4-13H,1-3H3;3-13H,1-2H3/q5*+1/i;15D;;;. The zero-order valence-corrected chi connectivity index (χ0v) is 73.7. The molecule has 0 amide bonds. The van der Waals surface area contributed by atoms with Crippen molar-refractivity contribution in [3.63, 3.8) is 0 Å². The second kappa shape index (κ2) is 35.3. The normalized spacial score (nSPS) is 11.4. The molecule has 0 aliphatic heterocycles. The van der Waals surface area contributed by atoms with Crippen LogP contribution in [0.3, 0.4) is 0 Å². The molecule has 0 fully saturated rings. The van der Waals surface area contributed by atoms with Gasteiger partial charge in [-0.3, -0.25) is 0 Å². The molecule has 0 atom stereocenters. The highest BCUT2D eigenvalue weighted by atomic mass is 15.2. The van der Waals surface area contributed by atoms with Gasteiger partial charge in [0, 0.05) is 1.37 Å². The van der Waals surface area contributed by atoms with Gasteiger partial charge < -0.3 is 0 Å². The number of hydrogen-bond acceptors (Lipinski definition) is 10. The van der Waals surface area contributed by atoms with Crippen LogP contribution in [-0.2, 0) is 35.2 Å². The molecule has 10 aromatic carbocycles. The van der Waals surface area contributed by atoms with Crippen molar-refractivity contribution in [2.75, 3.05) is 0 Å². The molecule has 0 radical (unpaired) electrons. The molecule has 20 heteroatoms. The zero-order chi connectivity index (χ0) is 87.6. The molecule has 10 aromatic heterocycles. The van der Waals surface area contributed by atoms with E-state index < -0.39 is 5.89 Å². The minimum absolute atomic E-state index is 0.702. The summed E-state index contributed by atoms with van der Waals surface area (Å²) in [5.41, 5.74) is 34.2. The first-order valence-corrected chi connectivity index (χ1v) is 41.6. The van der Waals surface area contributed by atoms with E-state index in [1.165, 1.54) is 78.5 Å². The summed E-state index contributed by atoms with van der Waals surface area (Å²) in [6.45, 7) is 26.6. The van der Waals surface area contributed by atoms with Crippen LogP contribution in [0.2, 0.25) is 0 Å². The lowest BCUT2D eigenvalue weighted by molar-refractivity contribution is -0.634. The molecule has 20 rings (SSSR count). The molecule has 0 bridgehead atoms. The molecule has 0 aliphatic carbocycles. The highest BCUT2D eigenvalue weighted by Gasteiger charge is 2.35. The molecule has 0 saturated heterocycles. The van der Waals surface area contributed by atoms with Crippen molar-refractivity contribution in [3.05, 3.63) is 361 Å². The van der Waals surface area contributed by atoms with Crippen LogP contribution >= 0.6 is 0 Å². The molecule has 0 saturated carbocycles. The number of aromatic nitrogens is 20. The summed E-state index contributed by atoms with van der Waals surface area (Å²) in [6, 6.07) is 84.3. The van der Waals surface area contributed by atoms with E-state index in [4.69, 9.17) is 1.37 Å². The molecule has 0 unspecified atom stereocenters. The Morgan fingerprint density at radius 2 is 0.532 bits per heavy atom. The molecule has 124 heavy (non-hydrogen) atoms. The highest BCUT2D eigenvalue weighted by molar-refractivity contribution is 5.85. The zero-order valence-electron chi connectivity index (χ0n) is 74.7. The highest BCUT2D eigenvalue weighted by Crippen LogP contribution is 2.37. The minimum atomic E-state index is -0.842. The number of benzene rings is 10. The van der Waals surface area contributed by atoms with Gasteiger partial charge in [-0.1, -0.05) is 166 Å². The van der Waals surface area contributed by atoms with Gasteiger partial charge in [0.15, 0.2) is 83.6 Å². The van der Waals surface area contributed by atoms with E-state index >= 15 is 0 Å². The van der Waals surface area contributed by atoms with Gasteiger partial charge in [-0.2, -0.15) is 22.8 Å². The number of nitrogens with zero attached hydrogens (tertiary/aromatic N) is 20. The van der Waals surface area contributed by atoms with Gasteiger partial charge >= 0.3 is 0 Å². The SMILES string of the molecule is Cc1ccccc1-c1n(-c2c(C)ncnc2C)c2ccccc2[n+]1C.Cc1ccccc1-c1n(-c2cncnc2)c2ccccc2[n+]1C.Cc1ccccc1-c1n(-c2cncnc2C)c2ccccc2[n+]1C.Cc1nc(C)c(-n2c(-c3ccccc3C)[n+](C)c3ccccc32)c(C)n1.[2H]C(C)(C)c1ncncc1-n1c(-c2ccccc2C)[n+](C)c2ccccc21. The Kier molecular flexibility index (Phi) is 23.2. The van der Waals surface area contributed by atoms with E-state index in [2.05, 4.69) is 410 Å². The maximum Gasteiger partial charge on any atom is 0.295 e. The Morgan fingerprint density at radius 3 is 0.879 bits per heavy atom. The van der Waals surface area contributed by atoms with Crippen molar-refractivity contribution in [1.82, 2.24) is 72.7 Å². The lowest BCUT2D eigenvalue weighted by Crippen LogP contribution is -2.30. The number of para-hydroxylation sites is 10. The Labute approximate surface area is 724 Å². The van der Waals surface area contributed by atoms with Crippen LogP contribution in [0.1, 0.15) is 88.9 Å². The number of aryl methyl sites for hydroxylation is 16. The fraction of sp³-hybridized carbons (Fsp3) is 0.183. The molecule has 0 aliphatic rings. The van der Waals surface area contributed by atoms with E-state index in [9.17, 15) is 0 Å². The maximum atomic E-state index is 8.58. The summed E-state index contributed by atoms with van der Waals surface area (Å²) >= 11 is 0. The van der Waals surface area contributed by atoms with Gasteiger partial charge in [-0.25, -0.2) is 72.7 Å². The van der Waals surface area contributed by atoms with Gasteiger partial charge in [0.2, 0.25) is 0 Å². The van der Waals surface area contributed by atoms with Gasteiger partial charge in [-0.05, 0) is 201 Å². The number of fused-ring (bicyclic) bond motifs is 5. The summed E-state index contributed by atoms with van der Waals surface area (Å²) in [5, 5.41) is 0. The van der Waals surface area contributed by atoms with Crippen molar-refractivity contribution in [2.45, 2.75) is 95.9 Å². The van der Waals surface area contributed by atoms with Crippen LogP contribution in [-0.4, -0.2) is 72.7 Å². The average Bonchev–Trinajstić information content (AvgIpc) is 1.62. The fourth-order valence-electron chi connectivity index (χ4n) is 17.4. The summed E-state index contributed by atoms with van der Waals surface area (Å²) in [4.78, 5) is 44.0. The van der Waals surface area contributed by atoms with Crippen LogP contribution in [0.25, 0.3) is 141 Å². The van der Waals surface area contributed by atoms with Crippen LogP contribution in [0, 0.1) is 76.2 Å². The van der Waals surface area contributed by atoms with E-state index in [0.29, 0.717) is 5.69 Å². The van der Waals surface area contributed by atoms with Crippen molar-refractivity contribution in [3.8, 4) is 85.4 Å². The smallest absolute Gasteiger partial charge is 0.240 e. The summed E-state index contributed by atoms with van der Waals surface area (Å²) in [6.07, 6.45) is 13.7. The first-order valence-electron chi connectivity index (χ1n) is 42.1. The molecule has 10 heterocycles. The van der Waals surface area contributed by atoms with E-state index in [0.717, 1.165) is 131 Å². The molecule has 0 N–H and O–H groups in total. The van der Waals surface area contributed by atoms with Crippen LogP contribution in [0.4, 0.5) is 0 Å². The lowest BCUT2D eigenvalue weighted by atomic mass is 10.1. The van der Waals surface area contributed by atoms with Gasteiger partial charge in [-0.15, -0.1) is 0 Å². The molecular weight excluding hydrogens is 1530 g/mol. The monoisotopic (exact) mass is 1630 g/mol. The average molecular weight is 1630 g/mol. The van der Waals surface area contributed by atoms with Crippen molar-refractivity contribution >= 4 is 55.2 Å². The third kappa shape index (κ3) is 15.4. The first kappa shape index (κ1) is 81.3. The second-order valence-electron chi connectivity index (χ2n) is 31.6. The molecule has 0 spiro atoms. The van der Waals surface area contributed by atoms with Gasteiger partial charge in [0.05, 0.1) is 122 Å². The second-order valence-corrected chi connectivity index (χ2v) is 31.6. The summed E-state index contributed by atoms with van der Waals surface area (Å²) < 4.78 is 31.0. The van der Waals surface area contributed by atoms with Crippen LogP contribution in [0.15, 0.2) is 293 Å². The van der Waals surface area contributed by atoms with E-state index in [-0.39, 0.29) is 0 Å². The minimum Gasteiger partial charge on any atom is -0.240 e. The Morgan fingerprint density at radius 1 is 0.266 bits per heavy atom. The van der Waals surface area contributed by atoms with Crippen molar-refractivity contribution in [1.29, 1.82) is 0 Å². The van der Waals surface area contributed by atoms with Crippen LogP contribution in [0.5, 0.6) is 0 Å². The first-order chi connectivity index (χ1) is 60.4. The van der Waals surface area contributed by atoms with Gasteiger partial charge in [0.25, 0.3) is 29.1 Å². The molecule has 20 nitrogen and oxygen atoms in total. The number of hydrogen-bond donors (Lipinski definition) is 0. The van der Waals surface area contributed by atoms with Gasteiger partial charge in [0.1, 0.15) is 31.1 Å². The predicted molar refractivity (Wildman–Crippen MR) is 494 cm³/mol. The summed E-state index contributed by atoms with van der Waals surface area (Å²) in [5.74, 6) is 5.55. The lowest BCUT2D eigenvalue weighted by Gasteiger charge is -2.11. The maximum absolute atomic E-state index is 8.58. The number of imidazole rings is 5. The Balaban J connectivity index is 0.000000115. The fourth-order valence-corrected chi connectivity index (χ4v) is 17.4. The third-order valence-electron chi connectivity index (χ3n) is 23.3.